The van der Waals surface area contributed by atoms with E-state index in [1.807, 2.05) is 19.1 Å². The minimum Gasteiger partial charge on any atom is -0.316 e. The van der Waals surface area contributed by atoms with E-state index in [4.69, 9.17) is 0 Å². The molecule has 0 saturated carbocycles. The van der Waals surface area contributed by atoms with Crippen LogP contribution in [0.15, 0.2) is 27.7 Å². The van der Waals surface area contributed by atoms with Gasteiger partial charge in [0.15, 0.2) is 4.80 Å². The van der Waals surface area contributed by atoms with Gasteiger partial charge >= 0.3 is 0 Å². The van der Waals surface area contributed by atoms with E-state index in [-0.39, 0.29) is 5.91 Å². The second kappa shape index (κ2) is 5.80. The number of aryl methyl sites for hydroxylation is 1. The molecule has 0 N–H and O–H groups in total. The van der Waals surface area contributed by atoms with Gasteiger partial charge in [-0.05, 0) is 41.4 Å². The molecule has 3 nitrogen and oxygen atoms in total. The number of halogens is 1. The molecular weight excluding hydrogens is 312 g/mol. The minimum absolute atomic E-state index is 0.0395. The average molecular weight is 327 g/mol. The Morgan fingerprint density at radius 1 is 1.44 bits per heavy atom. The van der Waals surface area contributed by atoms with Crippen LogP contribution in [0, 0.1) is 0 Å². The van der Waals surface area contributed by atoms with Crippen molar-refractivity contribution < 1.29 is 4.79 Å². The van der Waals surface area contributed by atoms with Crippen molar-refractivity contribution in [2.45, 2.75) is 33.2 Å². The third-order valence-electron chi connectivity index (χ3n) is 2.65. The number of carbonyl (C=O) groups is 1. The highest BCUT2D eigenvalue weighted by molar-refractivity contribution is 9.10. The number of nitrogens with zero attached hydrogens (tertiary/aromatic N) is 2. The van der Waals surface area contributed by atoms with Gasteiger partial charge in [0, 0.05) is 17.4 Å². The van der Waals surface area contributed by atoms with Crippen molar-refractivity contribution in [2.24, 2.45) is 4.99 Å². The zero-order valence-corrected chi connectivity index (χ0v) is 12.8. The fraction of sp³-hybridized carbons (Fsp3) is 0.385. The smallest absolute Gasteiger partial charge is 0.248 e. The Morgan fingerprint density at radius 3 is 2.89 bits per heavy atom. The third kappa shape index (κ3) is 2.57. The Balaban J connectivity index is 2.65. The van der Waals surface area contributed by atoms with Crippen LogP contribution in [0.5, 0.6) is 0 Å². The second-order valence-electron chi connectivity index (χ2n) is 3.97. The van der Waals surface area contributed by atoms with Crippen molar-refractivity contribution in [2.75, 3.05) is 0 Å². The first-order valence-electron chi connectivity index (χ1n) is 6.02. The van der Waals surface area contributed by atoms with E-state index in [0.717, 1.165) is 32.5 Å². The fourth-order valence-electron chi connectivity index (χ4n) is 1.84. The van der Waals surface area contributed by atoms with Gasteiger partial charge in [-0.2, -0.15) is 4.99 Å². The van der Waals surface area contributed by atoms with Crippen LogP contribution in [0.25, 0.3) is 10.2 Å². The number of rotatable bonds is 3. The standard InChI is InChI=1S/C13H15BrN2OS/c1-3-6-11(17)15-13-16(4-2)12-9(14)7-5-8-10(12)18-13/h5,7-8H,3-4,6H2,1-2H3. The van der Waals surface area contributed by atoms with Crippen LogP contribution in [0.2, 0.25) is 0 Å². The molecule has 0 aliphatic heterocycles. The summed E-state index contributed by atoms with van der Waals surface area (Å²) >= 11 is 5.12. The molecule has 0 aliphatic carbocycles. The number of hydrogen-bond acceptors (Lipinski definition) is 2. The van der Waals surface area contributed by atoms with Gasteiger partial charge < -0.3 is 4.57 Å². The lowest BCUT2D eigenvalue weighted by Crippen LogP contribution is -2.15. The number of para-hydroxylation sites is 1. The summed E-state index contributed by atoms with van der Waals surface area (Å²) < 4.78 is 4.27. The molecule has 1 aromatic heterocycles. The lowest BCUT2D eigenvalue weighted by Gasteiger charge is -2.01. The first-order valence-corrected chi connectivity index (χ1v) is 7.63. The van der Waals surface area contributed by atoms with Gasteiger partial charge in [0.25, 0.3) is 0 Å². The summed E-state index contributed by atoms with van der Waals surface area (Å²) in [6.07, 6.45) is 1.35. The monoisotopic (exact) mass is 326 g/mol. The van der Waals surface area contributed by atoms with Gasteiger partial charge in [-0.3, -0.25) is 4.79 Å². The Morgan fingerprint density at radius 2 is 2.22 bits per heavy atom. The topological polar surface area (TPSA) is 34.4 Å². The molecule has 0 bridgehead atoms. The van der Waals surface area contributed by atoms with Gasteiger partial charge in [-0.25, -0.2) is 0 Å². The van der Waals surface area contributed by atoms with E-state index < -0.39 is 0 Å². The number of fused-ring (bicyclic) bond motifs is 1. The zero-order chi connectivity index (χ0) is 13.1. The Hall–Kier alpha value is -0.940. The molecule has 1 heterocycles. The highest BCUT2D eigenvalue weighted by atomic mass is 79.9. The van der Waals surface area contributed by atoms with Crippen molar-refractivity contribution in [3.63, 3.8) is 0 Å². The maximum absolute atomic E-state index is 11.7. The predicted octanol–water partition coefficient (Wildman–Crippen LogP) is 3.71. The van der Waals surface area contributed by atoms with Crippen LogP contribution in [0.3, 0.4) is 0 Å². The van der Waals surface area contributed by atoms with Gasteiger partial charge in [-0.15, -0.1) is 0 Å². The molecule has 0 unspecified atom stereocenters. The molecule has 0 fully saturated rings. The molecule has 1 amide bonds. The van der Waals surface area contributed by atoms with Crippen LogP contribution in [-0.4, -0.2) is 10.5 Å². The molecular formula is C13H15BrN2OS. The van der Waals surface area contributed by atoms with Gasteiger partial charge in [-0.1, -0.05) is 24.3 Å². The minimum atomic E-state index is -0.0395. The molecule has 1 aromatic carbocycles. The lowest BCUT2D eigenvalue weighted by atomic mass is 10.3. The SMILES string of the molecule is CCCC(=O)N=c1sc2cccc(Br)c2n1CC. The quantitative estimate of drug-likeness (QED) is 0.846. The number of hydrogen-bond donors (Lipinski definition) is 0. The van der Waals surface area contributed by atoms with Crippen LogP contribution in [0.1, 0.15) is 26.7 Å². The number of aromatic nitrogens is 1. The van der Waals surface area contributed by atoms with E-state index in [9.17, 15) is 4.79 Å². The van der Waals surface area contributed by atoms with E-state index in [2.05, 4.69) is 38.5 Å². The molecule has 96 valence electrons. The van der Waals surface area contributed by atoms with E-state index in [1.165, 1.54) is 0 Å². The number of thiazole rings is 1. The summed E-state index contributed by atoms with van der Waals surface area (Å²) in [6, 6.07) is 6.07. The number of benzene rings is 1. The zero-order valence-electron chi connectivity index (χ0n) is 10.4. The lowest BCUT2D eigenvalue weighted by molar-refractivity contribution is -0.118. The average Bonchev–Trinajstić information content (AvgIpc) is 2.68. The Bertz CT molecular complexity index is 642. The number of amides is 1. The molecule has 5 heteroatoms. The molecule has 0 saturated heterocycles. The van der Waals surface area contributed by atoms with Crippen LogP contribution in [-0.2, 0) is 11.3 Å². The highest BCUT2D eigenvalue weighted by Gasteiger charge is 2.08. The molecule has 0 aliphatic rings. The van der Waals surface area contributed by atoms with Gasteiger partial charge in [0.05, 0.1) is 10.2 Å². The van der Waals surface area contributed by atoms with Crippen LogP contribution < -0.4 is 4.80 Å². The van der Waals surface area contributed by atoms with Crippen molar-refractivity contribution in [3.8, 4) is 0 Å². The molecule has 0 atom stereocenters. The van der Waals surface area contributed by atoms with Crippen molar-refractivity contribution in [3.05, 3.63) is 27.5 Å². The molecule has 0 spiro atoms. The molecule has 0 radical (unpaired) electrons. The Labute approximate surface area is 118 Å². The predicted molar refractivity (Wildman–Crippen MR) is 78.7 cm³/mol. The maximum atomic E-state index is 11.7. The fourth-order valence-corrected chi connectivity index (χ4v) is 3.69. The summed E-state index contributed by atoms with van der Waals surface area (Å²) in [5, 5.41) is 0. The summed E-state index contributed by atoms with van der Waals surface area (Å²) in [6.45, 7) is 4.86. The number of carbonyl (C=O) groups excluding carboxylic acids is 1. The van der Waals surface area contributed by atoms with Gasteiger partial charge in [0.1, 0.15) is 0 Å². The maximum Gasteiger partial charge on any atom is 0.248 e. The third-order valence-corrected chi connectivity index (χ3v) is 4.34. The molecule has 2 aromatic rings. The molecule has 18 heavy (non-hydrogen) atoms. The summed E-state index contributed by atoms with van der Waals surface area (Å²) in [4.78, 5) is 16.7. The van der Waals surface area contributed by atoms with E-state index in [0.29, 0.717) is 6.42 Å². The summed E-state index contributed by atoms with van der Waals surface area (Å²) in [5.74, 6) is -0.0395. The summed E-state index contributed by atoms with van der Waals surface area (Å²) in [7, 11) is 0. The van der Waals surface area contributed by atoms with Crippen LogP contribution in [0.4, 0.5) is 0 Å². The van der Waals surface area contributed by atoms with Crippen LogP contribution >= 0.6 is 27.3 Å². The summed E-state index contributed by atoms with van der Waals surface area (Å²) in [5.41, 5.74) is 1.12. The van der Waals surface area contributed by atoms with Crippen molar-refractivity contribution in [1.82, 2.24) is 4.57 Å². The Kier molecular flexibility index (Phi) is 4.35. The van der Waals surface area contributed by atoms with Crippen molar-refractivity contribution >= 4 is 43.4 Å². The largest absolute Gasteiger partial charge is 0.316 e. The molecule has 2 rings (SSSR count). The van der Waals surface area contributed by atoms with Gasteiger partial charge in [0.2, 0.25) is 5.91 Å². The van der Waals surface area contributed by atoms with E-state index >= 15 is 0 Å². The second-order valence-corrected chi connectivity index (χ2v) is 5.83. The first-order chi connectivity index (χ1) is 8.67. The first kappa shape index (κ1) is 13.5. The normalized spacial score (nSPS) is 12.3. The highest BCUT2D eigenvalue weighted by Crippen LogP contribution is 2.25. The van der Waals surface area contributed by atoms with Crippen molar-refractivity contribution in [1.29, 1.82) is 0 Å². The van der Waals surface area contributed by atoms with E-state index in [1.54, 1.807) is 11.3 Å².